The molecular weight excluding hydrogens is 605 g/mol. The lowest BCUT2D eigenvalue weighted by atomic mass is 9.94. The molecule has 2 heteroatoms. The molecule has 0 spiro atoms. The van der Waals surface area contributed by atoms with E-state index in [2.05, 4.69) is 179 Å². The minimum absolute atomic E-state index is 1.12. The van der Waals surface area contributed by atoms with Crippen molar-refractivity contribution in [2.45, 2.75) is 25.7 Å². The number of benzene rings is 7. The van der Waals surface area contributed by atoms with Crippen LogP contribution < -0.4 is 0 Å². The van der Waals surface area contributed by atoms with Crippen molar-refractivity contribution in [2.24, 2.45) is 0 Å². The molecule has 0 bridgehead atoms. The lowest BCUT2D eigenvalue weighted by Gasteiger charge is -2.16. The van der Waals surface area contributed by atoms with Gasteiger partial charge in [0.15, 0.2) is 0 Å². The molecule has 7 aromatic carbocycles. The summed E-state index contributed by atoms with van der Waals surface area (Å²) in [7, 11) is 0. The molecule has 1 aliphatic rings. The van der Waals surface area contributed by atoms with Crippen molar-refractivity contribution < 1.29 is 0 Å². The molecule has 2 nitrogen and oxygen atoms in total. The molecule has 50 heavy (non-hydrogen) atoms. The highest BCUT2D eigenvalue weighted by atomic mass is 15.0. The summed E-state index contributed by atoms with van der Waals surface area (Å²) in [5.74, 6) is 0. The first-order chi connectivity index (χ1) is 24.8. The summed E-state index contributed by atoms with van der Waals surface area (Å²) in [6.45, 7) is 0. The van der Waals surface area contributed by atoms with Gasteiger partial charge < -0.3 is 9.13 Å². The maximum atomic E-state index is 2.53. The zero-order valence-corrected chi connectivity index (χ0v) is 27.9. The van der Waals surface area contributed by atoms with E-state index in [0.29, 0.717) is 0 Å². The summed E-state index contributed by atoms with van der Waals surface area (Å²) in [6, 6.07) is 62.3. The van der Waals surface area contributed by atoms with E-state index in [1.54, 1.807) is 0 Å². The number of hydrogen-bond donors (Lipinski definition) is 0. The molecule has 9 aromatic rings. The van der Waals surface area contributed by atoms with Gasteiger partial charge in [0.2, 0.25) is 0 Å². The molecule has 10 rings (SSSR count). The second kappa shape index (κ2) is 11.8. The van der Waals surface area contributed by atoms with E-state index in [9.17, 15) is 0 Å². The van der Waals surface area contributed by atoms with Gasteiger partial charge in [0.25, 0.3) is 0 Å². The molecule has 0 atom stereocenters. The van der Waals surface area contributed by atoms with Gasteiger partial charge in [-0.3, -0.25) is 0 Å². The van der Waals surface area contributed by atoms with Crippen LogP contribution in [0.15, 0.2) is 170 Å². The van der Waals surface area contributed by atoms with Crippen molar-refractivity contribution in [3.63, 3.8) is 0 Å². The van der Waals surface area contributed by atoms with Crippen LogP contribution in [0.3, 0.4) is 0 Å². The normalized spacial score (nSPS) is 12.9. The molecule has 0 amide bonds. The van der Waals surface area contributed by atoms with Gasteiger partial charge in [0.1, 0.15) is 0 Å². The fourth-order valence-corrected chi connectivity index (χ4v) is 8.34. The lowest BCUT2D eigenvalue weighted by Crippen LogP contribution is -2.06. The van der Waals surface area contributed by atoms with Crippen LogP contribution in [0, 0.1) is 0 Å². The first kappa shape index (κ1) is 28.9. The molecule has 1 aliphatic carbocycles. The van der Waals surface area contributed by atoms with Gasteiger partial charge in [-0.25, -0.2) is 0 Å². The molecule has 0 unspecified atom stereocenters. The highest BCUT2D eigenvalue weighted by molar-refractivity contribution is 6.10. The van der Waals surface area contributed by atoms with Gasteiger partial charge in [-0.2, -0.15) is 0 Å². The van der Waals surface area contributed by atoms with E-state index in [1.807, 2.05) is 0 Å². The first-order valence-electron chi connectivity index (χ1n) is 17.8. The van der Waals surface area contributed by atoms with Crippen molar-refractivity contribution in [3.8, 4) is 44.8 Å². The zero-order valence-electron chi connectivity index (χ0n) is 27.9. The van der Waals surface area contributed by atoms with Crippen molar-refractivity contribution in [1.29, 1.82) is 0 Å². The molecule has 0 radical (unpaired) electrons. The molecule has 0 aliphatic heterocycles. The van der Waals surface area contributed by atoms with E-state index in [1.165, 1.54) is 102 Å². The molecule has 0 saturated heterocycles. The summed E-state index contributed by atoms with van der Waals surface area (Å²) in [4.78, 5) is 0. The smallest absolute Gasteiger partial charge is 0.0541 e. The molecule has 0 N–H and O–H groups in total. The number of para-hydroxylation sites is 1. The first-order valence-corrected chi connectivity index (χ1v) is 17.8. The topological polar surface area (TPSA) is 9.86 Å². The third-order valence-electron chi connectivity index (χ3n) is 10.7. The second-order valence-corrected chi connectivity index (χ2v) is 13.6. The SMILES string of the molecule is c1ccc(-c2ccc(-n3c4c(c5cc(-c6ccc7c(c6)c6ccccc6n7-c6cccc(-c7ccccc7)c6)ccc53)CCCC4)cc2)cc1. The van der Waals surface area contributed by atoms with E-state index in [-0.39, 0.29) is 0 Å². The van der Waals surface area contributed by atoms with Crippen LogP contribution in [-0.2, 0) is 12.8 Å². The molecule has 2 heterocycles. The summed E-state index contributed by atoms with van der Waals surface area (Å²) in [5.41, 5.74) is 16.7. The lowest BCUT2D eigenvalue weighted by molar-refractivity contribution is 0.667. The fourth-order valence-electron chi connectivity index (χ4n) is 8.34. The minimum atomic E-state index is 1.12. The Morgan fingerprint density at radius 1 is 0.320 bits per heavy atom. The third kappa shape index (κ3) is 4.71. The Labute approximate surface area is 292 Å². The summed E-state index contributed by atoms with van der Waals surface area (Å²) >= 11 is 0. The van der Waals surface area contributed by atoms with Crippen molar-refractivity contribution in [1.82, 2.24) is 9.13 Å². The van der Waals surface area contributed by atoms with Crippen LogP contribution in [-0.4, -0.2) is 9.13 Å². The Morgan fingerprint density at radius 2 is 0.860 bits per heavy atom. The second-order valence-electron chi connectivity index (χ2n) is 13.6. The molecular formula is C48H36N2. The van der Waals surface area contributed by atoms with E-state index >= 15 is 0 Å². The van der Waals surface area contributed by atoms with Crippen LogP contribution in [0.5, 0.6) is 0 Å². The third-order valence-corrected chi connectivity index (χ3v) is 10.7. The maximum Gasteiger partial charge on any atom is 0.0541 e. The van der Waals surface area contributed by atoms with Crippen LogP contribution >= 0.6 is 0 Å². The average Bonchev–Trinajstić information content (AvgIpc) is 3.71. The van der Waals surface area contributed by atoms with E-state index < -0.39 is 0 Å². The Morgan fingerprint density at radius 3 is 1.62 bits per heavy atom. The quantitative estimate of drug-likeness (QED) is 0.177. The molecule has 0 saturated carbocycles. The number of fused-ring (bicyclic) bond motifs is 6. The number of hydrogen-bond acceptors (Lipinski definition) is 0. The highest BCUT2D eigenvalue weighted by Crippen LogP contribution is 2.40. The Balaban J connectivity index is 1.09. The van der Waals surface area contributed by atoms with Crippen LogP contribution in [0.1, 0.15) is 24.1 Å². The molecule has 2 aromatic heterocycles. The predicted molar refractivity (Wildman–Crippen MR) is 211 cm³/mol. The standard InChI is InChI=1S/C48H36N2/c1-3-12-33(13-4-1)35-22-26-39(27-23-35)49-45-20-9-7-18-41(45)43-31-37(24-28-47(43)49)38-25-29-48-44(32-38)42-19-8-10-21-46(42)50(48)40-17-11-16-36(30-40)34-14-5-2-6-15-34/h1-6,8,10-17,19,21-32H,7,9,18,20H2. The summed E-state index contributed by atoms with van der Waals surface area (Å²) in [6.07, 6.45) is 4.75. The molecule has 0 fully saturated rings. The van der Waals surface area contributed by atoms with Crippen molar-refractivity contribution >= 4 is 32.7 Å². The number of aryl methyl sites for hydroxylation is 1. The molecule has 238 valence electrons. The van der Waals surface area contributed by atoms with Gasteiger partial charge in [0, 0.05) is 33.2 Å². The van der Waals surface area contributed by atoms with Gasteiger partial charge in [0.05, 0.1) is 16.6 Å². The Bertz CT molecular complexity index is 2670. The van der Waals surface area contributed by atoms with Gasteiger partial charge in [-0.1, -0.05) is 115 Å². The summed E-state index contributed by atoms with van der Waals surface area (Å²) < 4.78 is 4.95. The zero-order chi connectivity index (χ0) is 33.0. The maximum absolute atomic E-state index is 2.53. The average molecular weight is 641 g/mol. The van der Waals surface area contributed by atoms with Gasteiger partial charge in [-0.15, -0.1) is 0 Å². The Kier molecular flexibility index (Phi) is 6.80. The van der Waals surface area contributed by atoms with Gasteiger partial charge >= 0.3 is 0 Å². The number of aromatic nitrogens is 2. The van der Waals surface area contributed by atoms with Crippen LogP contribution in [0.25, 0.3) is 77.5 Å². The van der Waals surface area contributed by atoms with E-state index in [4.69, 9.17) is 0 Å². The summed E-state index contributed by atoms with van der Waals surface area (Å²) in [5, 5.41) is 3.95. The van der Waals surface area contributed by atoms with Gasteiger partial charge in [-0.05, 0) is 119 Å². The largest absolute Gasteiger partial charge is 0.313 e. The monoisotopic (exact) mass is 640 g/mol. The fraction of sp³-hybridized carbons (Fsp3) is 0.0833. The highest BCUT2D eigenvalue weighted by Gasteiger charge is 2.22. The predicted octanol–water partition coefficient (Wildman–Crippen LogP) is 12.6. The number of nitrogens with zero attached hydrogens (tertiary/aromatic N) is 2. The van der Waals surface area contributed by atoms with E-state index in [0.717, 1.165) is 12.8 Å². The van der Waals surface area contributed by atoms with Crippen LogP contribution in [0.4, 0.5) is 0 Å². The van der Waals surface area contributed by atoms with Crippen LogP contribution in [0.2, 0.25) is 0 Å². The number of rotatable bonds is 5. The van der Waals surface area contributed by atoms with Crippen molar-refractivity contribution in [3.05, 3.63) is 181 Å². The minimum Gasteiger partial charge on any atom is -0.313 e. The Hall–Kier alpha value is -6.12. The van der Waals surface area contributed by atoms with Crippen molar-refractivity contribution in [2.75, 3.05) is 0 Å².